The van der Waals surface area contributed by atoms with Crippen LogP contribution < -0.4 is 0 Å². The highest BCUT2D eigenvalue weighted by molar-refractivity contribution is 5.89. The lowest BCUT2D eigenvalue weighted by atomic mass is 10.0. The van der Waals surface area contributed by atoms with E-state index in [0.717, 1.165) is 11.8 Å². The molecule has 130 valence electrons. The van der Waals surface area contributed by atoms with Crippen molar-refractivity contribution in [2.24, 2.45) is 11.8 Å². The maximum Gasteiger partial charge on any atom is 0.0486 e. The highest BCUT2D eigenvalue weighted by atomic mass is 15.0. The van der Waals surface area contributed by atoms with E-state index >= 15 is 0 Å². The van der Waals surface area contributed by atoms with E-state index in [1.54, 1.807) is 0 Å². The summed E-state index contributed by atoms with van der Waals surface area (Å²) in [5.41, 5.74) is 5.41. The Labute approximate surface area is 154 Å². The molecule has 0 unspecified atom stereocenters. The lowest BCUT2D eigenvalue weighted by Gasteiger charge is -2.09. The Kier molecular flexibility index (Phi) is 3.11. The van der Waals surface area contributed by atoms with E-state index in [2.05, 4.69) is 70.1 Å². The molecule has 0 amide bonds. The number of benzene rings is 2. The van der Waals surface area contributed by atoms with Crippen molar-refractivity contribution in [3.63, 3.8) is 0 Å². The lowest BCUT2D eigenvalue weighted by Crippen LogP contribution is -1.98. The van der Waals surface area contributed by atoms with Gasteiger partial charge in [-0.3, -0.25) is 0 Å². The summed E-state index contributed by atoms with van der Waals surface area (Å²) >= 11 is 0. The van der Waals surface area contributed by atoms with Crippen LogP contribution in [0.1, 0.15) is 25.7 Å². The predicted molar refractivity (Wildman–Crippen MR) is 108 cm³/mol. The van der Waals surface area contributed by atoms with Gasteiger partial charge in [-0.25, -0.2) is 0 Å². The summed E-state index contributed by atoms with van der Waals surface area (Å²) in [5.74, 6) is 1.80. The predicted octanol–water partition coefficient (Wildman–Crippen LogP) is 6.08. The molecule has 26 heavy (non-hydrogen) atoms. The minimum atomic E-state index is 0.899. The fourth-order valence-corrected chi connectivity index (χ4v) is 4.20. The molecule has 2 aliphatic rings. The minimum Gasteiger partial charge on any atom is -0.347 e. The van der Waals surface area contributed by atoms with Gasteiger partial charge in [-0.2, -0.15) is 0 Å². The second-order valence-electron chi connectivity index (χ2n) is 8.37. The van der Waals surface area contributed by atoms with Crippen molar-refractivity contribution in [2.45, 2.75) is 38.8 Å². The third-order valence-corrected chi connectivity index (χ3v) is 6.18. The lowest BCUT2D eigenvalue weighted by molar-refractivity contribution is 0.647. The summed E-state index contributed by atoms with van der Waals surface area (Å²) in [5, 5.41) is 2.71. The smallest absolute Gasteiger partial charge is 0.0486 e. The van der Waals surface area contributed by atoms with Crippen molar-refractivity contribution in [1.82, 2.24) is 9.13 Å². The largest absolute Gasteiger partial charge is 0.347 e. The van der Waals surface area contributed by atoms with Crippen LogP contribution in [0.15, 0.2) is 60.9 Å². The summed E-state index contributed by atoms with van der Waals surface area (Å²) in [4.78, 5) is 0. The van der Waals surface area contributed by atoms with Crippen LogP contribution in [0.2, 0.25) is 0 Å². The Bertz CT molecular complexity index is 1020. The fourth-order valence-electron chi connectivity index (χ4n) is 4.20. The molecule has 2 fully saturated rings. The monoisotopic (exact) mass is 340 g/mol. The highest BCUT2D eigenvalue weighted by Crippen LogP contribution is 2.35. The van der Waals surface area contributed by atoms with Gasteiger partial charge in [0.15, 0.2) is 0 Å². The quantitative estimate of drug-likeness (QED) is 0.416. The maximum absolute atomic E-state index is 2.45. The van der Waals surface area contributed by atoms with Crippen molar-refractivity contribution < 1.29 is 0 Å². The molecule has 0 radical (unpaired) electrons. The van der Waals surface area contributed by atoms with Crippen LogP contribution in [0.5, 0.6) is 0 Å². The molecule has 0 spiro atoms. The Morgan fingerprint density at radius 3 is 1.50 bits per heavy atom. The first kappa shape index (κ1) is 14.7. The molecule has 0 aliphatic heterocycles. The van der Waals surface area contributed by atoms with E-state index in [4.69, 9.17) is 0 Å². The highest BCUT2D eigenvalue weighted by Gasteiger charge is 2.23. The van der Waals surface area contributed by atoms with Crippen LogP contribution in [-0.4, -0.2) is 9.13 Å². The van der Waals surface area contributed by atoms with Crippen molar-refractivity contribution in [2.75, 3.05) is 0 Å². The van der Waals surface area contributed by atoms with Crippen LogP contribution in [-0.2, 0) is 13.1 Å². The second-order valence-corrected chi connectivity index (χ2v) is 8.37. The molecule has 2 heterocycles. The van der Waals surface area contributed by atoms with Gasteiger partial charge < -0.3 is 9.13 Å². The number of nitrogens with zero attached hydrogens (tertiary/aromatic N) is 2. The summed E-state index contributed by atoms with van der Waals surface area (Å²) in [6.07, 6.45) is 10.1. The summed E-state index contributed by atoms with van der Waals surface area (Å²) < 4.78 is 4.90. The Morgan fingerprint density at radius 1 is 0.615 bits per heavy atom. The molecule has 0 N–H and O–H groups in total. The normalized spacial score (nSPS) is 17.4. The molecule has 2 aliphatic carbocycles. The molecule has 6 rings (SSSR count). The fraction of sp³-hybridized carbons (Fsp3) is 0.333. The summed E-state index contributed by atoms with van der Waals surface area (Å²) in [7, 11) is 0. The van der Waals surface area contributed by atoms with Crippen molar-refractivity contribution in [3.8, 4) is 11.1 Å². The van der Waals surface area contributed by atoms with E-state index in [1.165, 1.54) is 71.7 Å². The molecule has 0 bridgehead atoms. The first-order chi connectivity index (χ1) is 12.8. The zero-order valence-corrected chi connectivity index (χ0v) is 15.1. The van der Waals surface area contributed by atoms with Gasteiger partial charge in [-0.05, 0) is 83.7 Å². The first-order valence-electron chi connectivity index (χ1n) is 10.0. The Hall–Kier alpha value is -2.48. The Morgan fingerprint density at radius 2 is 1.08 bits per heavy atom. The van der Waals surface area contributed by atoms with Gasteiger partial charge >= 0.3 is 0 Å². The van der Waals surface area contributed by atoms with Crippen molar-refractivity contribution in [3.05, 3.63) is 60.9 Å². The van der Waals surface area contributed by atoms with Gasteiger partial charge in [-0.1, -0.05) is 24.3 Å². The first-order valence-corrected chi connectivity index (χ1v) is 10.0. The standard InChI is InChI=1S/C24H24N2/c1-2-17(1)15-25-11-9-19-5-7-21(13-23(19)25)22-8-6-20-10-12-26(24(20)14-22)16-18-3-4-18/h5-14,17-18H,1-4,15-16H2. The molecular formula is C24H24N2. The van der Waals surface area contributed by atoms with E-state index in [9.17, 15) is 0 Å². The van der Waals surface area contributed by atoms with E-state index in [-0.39, 0.29) is 0 Å². The SMILES string of the molecule is c1cc2ccn(CC3CC3)c2cc1-c1ccc2ccn(CC3CC3)c2c1. The summed E-state index contributed by atoms with van der Waals surface area (Å²) in [6, 6.07) is 18.4. The van der Waals surface area contributed by atoms with Crippen LogP contribution in [0.3, 0.4) is 0 Å². The summed E-state index contributed by atoms with van der Waals surface area (Å²) in [6.45, 7) is 2.35. The van der Waals surface area contributed by atoms with Gasteiger partial charge in [0.2, 0.25) is 0 Å². The van der Waals surface area contributed by atoms with Gasteiger partial charge in [0.05, 0.1) is 0 Å². The van der Waals surface area contributed by atoms with E-state index in [0.29, 0.717) is 0 Å². The van der Waals surface area contributed by atoms with Crippen LogP contribution in [0.25, 0.3) is 32.9 Å². The second kappa shape index (κ2) is 5.51. The van der Waals surface area contributed by atoms with Crippen molar-refractivity contribution >= 4 is 21.8 Å². The molecule has 2 saturated carbocycles. The molecular weight excluding hydrogens is 316 g/mol. The van der Waals surface area contributed by atoms with Crippen LogP contribution in [0, 0.1) is 11.8 Å². The van der Waals surface area contributed by atoms with Gasteiger partial charge in [0.25, 0.3) is 0 Å². The molecule has 2 aromatic heterocycles. The molecule has 0 atom stereocenters. The zero-order chi connectivity index (χ0) is 17.1. The third kappa shape index (κ3) is 2.56. The molecule has 2 heteroatoms. The number of fused-ring (bicyclic) bond motifs is 2. The van der Waals surface area contributed by atoms with Crippen LogP contribution >= 0.6 is 0 Å². The number of hydrogen-bond acceptors (Lipinski definition) is 0. The minimum absolute atomic E-state index is 0.899. The average molecular weight is 340 g/mol. The number of hydrogen-bond donors (Lipinski definition) is 0. The topological polar surface area (TPSA) is 9.86 Å². The average Bonchev–Trinajstić information content (AvgIpc) is 3.58. The van der Waals surface area contributed by atoms with Gasteiger partial charge in [0.1, 0.15) is 0 Å². The molecule has 0 saturated heterocycles. The van der Waals surface area contributed by atoms with E-state index in [1.807, 2.05) is 0 Å². The maximum atomic E-state index is 2.45. The molecule has 2 aromatic carbocycles. The van der Waals surface area contributed by atoms with Crippen molar-refractivity contribution in [1.29, 1.82) is 0 Å². The molecule has 4 aromatic rings. The Balaban J connectivity index is 1.42. The van der Waals surface area contributed by atoms with Gasteiger partial charge in [0, 0.05) is 36.5 Å². The van der Waals surface area contributed by atoms with E-state index < -0.39 is 0 Å². The number of rotatable bonds is 5. The van der Waals surface area contributed by atoms with Crippen LogP contribution in [0.4, 0.5) is 0 Å². The van der Waals surface area contributed by atoms with Gasteiger partial charge in [-0.15, -0.1) is 0 Å². The number of aromatic nitrogens is 2. The third-order valence-electron chi connectivity index (χ3n) is 6.18. The zero-order valence-electron chi connectivity index (χ0n) is 15.1. The molecule has 2 nitrogen and oxygen atoms in total.